The van der Waals surface area contributed by atoms with E-state index in [0.717, 1.165) is 18.4 Å². The summed E-state index contributed by atoms with van der Waals surface area (Å²) in [5.41, 5.74) is 2.38. The topological polar surface area (TPSA) is 79.9 Å². The molecule has 1 heterocycles. The normalized spacial score (nSPS) is 11.1. The molecule has 170 valence electrons. The number of benzene rings is 3. The van der Waals surface area contributed by atoms with Gasteiger partial charge in [-0.1, -0.05) is 43.7 Å². The highest BCUT2D eigenvalue weighted by atomic mass is 127. The van der Waals surface area contributed by atoms with E-state index in [1.807, 2.05) is 75.5 Å². The van der Waals surface area contributed by atoms with Gasteiger partial charge in [-0.25, -0.2) is 0 Å². The number of halogens is 2. The fourth-order valence-electron chi connectivity index (χ4n) is 3.62. The number of hydrogen-bond donors (Lipinski definition) is 2. The average Bonchev–Trinajstić information content (AvgIpc) is 3.16. The molecule has 0 aliphatic carbocycles. The Morgan fingerprint density at radius 1 is 1.03 bits per heavy atom. The van der Waals surface area contributed by atoms with E-state index >= 15 is 0 Å². The molecule has 0 amide bonds. The van der Waals surface area contributed by atoms with Crippen molar-refractivity contribution in [1.29, 1.82) is 0 Å². The zero-order valence-corrected chi connectivity index (χ0v) is 22.2. The van der Waals surface area contributed by atoms with Crippen LogP contribution in [-0.2, 0) is 13.0 Å². The number of unbranched alkanes of at least 4 members (excludes halogenated alkanes) is 1. The van der Waals surface area contributed by atoms with E-state index < -0.39 is 0 Å². The van der Waals surface area contributed by atoms with E-state index in [4.69, 9.17) is 9.15 Å². The average molecular weight is 668 g/mol. The molecule has 0 atom stereocenters. The molecule has 0 fully saturated rings. The largest absolute Gasteiger partial charge is 0.506 e. The Balaban J connectivity index is 1.76. The lowest BCUT2D eigenvalue weighted by Crippen LogP contribution is -2.05. The van der Waals surface area contributed by atoms with Crippen LogP contribution in [0.1, 0.15) is 47.0 Å². The highest BCUT2D eigenvalue weighted by Gasteiger charge is 2.24. The minimum Gasteiger partial charge on any atom is -0.506 e. The number of phenolic OH excluding ortho intramolecular Hbond substituents is 2. The first-order valence-corrected chi connectivity index (χ1v) is 12.7. The Kier molecular flexibility index (Phi) is 7.48. The van der Waals surface area contributed by atoms with Crippen molar-refractivity contribution in [3.63, 3.8) is 0 Å². The fraction of sp³-hybridized carbons (Fsp3) is 0.192. The van der Waals surface area contributed by atoms with Gasteiger partial charge in [0.05, 0.1) is 12.7 Å². The molecular weight excluding hydrogens is 646 g/mol. The molecule has 0 saturated carbocycles. The van der Waals surface area contributed by atoms with Crippen LogP contribution in [0.2, 0.25) is 0 Å². The molecule has 0 aliphatic rings. The summed E-state index contributed by atoms with van der Waals surface area (Å²) >= 11 is 4.03. The predicted octanol–water partition coefficient (Wildman–Crippen LogP) is 7.21. The Labute approximate surface area is 219 Å². The lowest BCUT2D eigenvalue weighted by Gasteiger charge is -2.09. The molecule has 0 saturated heterocycles. The van der Waals surface area contributed by atoms with E-state index in [1.165, 1.54) is 6.07 Å². The van der Waals surface area contributed by atoms with E-state index in [9.17, 15) is 15.0 Å². The van der Waals surface area contributed by atoms with Gasteiger partial charge in [0, 0.05) is 23.4 Å². The van der Waals surface area contributed by atoms with Crippen molar-refractivity contribution < 1.29 is 24.2 Å². The van der Waals surface area contributed by atoms with Crippen LogP contribution in [0, 0.1) is 7.14 Å². The first-order chi connectivity index (χ1) is 15.9. The number of rotatable bonds is 8. The van der Waals surface area contributed by atoms with Crippen molar-refractivity contribution in [2.75, 3.05) is 0 Å². The van der Waals surface area contributed by atoms with Gasteiger partial charge in [0.25, 0.3) is 0 Å². The third-order valence-corrected chi connectivity index (χ3v) is 6.99. The molecule has 5 nitrogen and oxygen atoms in total. The summed E-state index contributed by atoms with van der Waals surface area (Å²) < 4.78 is 13.1. The second kappa shape index (κ2) is 10.3. The van der Waals surface area contributed by atoms with Gasteiger partial charge in [-0.05, 0) is 75.4 Å². The molecule has 2 N–H and O–H groups in total. The summed E-state index contributed by atoms with van der Waals surface area (Å²) in [4.78, 5) is 13.6. The van der Waals surface area contributed by atoms with Gasteiger partial charge in [0.15, 0.2) is 17.3 Å². The molecule has 0 spiro atoms. The minimum atomic E-state index is -0.201. The van der Waals surface area contributed by atoms with Crippen molar-refractivity contribution in [2.24, 2.45) is 0 Å². The third kappa shape index (κ3) is 5.13. The summed E-state index contributed by atoms with van der Waals surface area (Å²) in [5.74, 6) is 0.802. The molecule has 0 radical (unpaired) electrons. The molecule has 0 bridgehead atoms. The maximum atomic E-state index is 13.6. The molecule has 1 aromatic heterocycles. The van der Waals surface area contributed by atoms with Gasteiger partial charge in [-0.2, -0.15) is 0 Å². The Morgan fingerprint density at radius 3 is 2.39 bits per heavy atom. The fourth-order valence-corrected chi connectivity index (χ4v) is 5.39. The lowest BCUT2D eigenvalue weighted by atomic mass is 9.98. The number of ketones is 1. The van der Waals surface area contributed by atoms with Crippen LogP contribution >= 0.6 is 45.2 Å². The highest BCUT2D eigenvalue weighted by Crippen LogP contribution is 2.38. The minimum absolute atomic E-state index is 0.0508. The number of hydrogen-bond acceptors (Lipinski definition) is 5. The maximum Gasteiger partial charge on any atom is 0.197 e. The van der Waals surface area contributed by atoms with Crippen molar-refractivity contribution >= 4 is 61.9 Å². The third-order valence-electron chi connectivity index (χ3n) is 5.34. The van der Waals surface area contributed by atoms with E-state index in [-0.39, 0.29) is 17.3 Å². The second-order valence-electron chi connectivity index (χ2n) is 7.71. The van der Waals surface area contributed by atoms with Gasteiger partial charge in [-0.3, -0.25) is 4.79 Å². The standard InChI is InChI=1S/C26H22I2O5/c1-2-3-9-21-24(25(30)16-10-18(27)26(31)19(28)11-16)17-12-20(29)23(13-22(17)33-21)32-14-15-7-5-4-6-8-15/h4-8,10-13,29,31H,2-3,9,14H2,1H3. The van der Waals surface area contributed by atoms with Crippen molar-refractivity contribution in [1.82, 2.24) is 0 Å². The van der Waals surface area contributed by atoms with E-state index in [2.05, 4.69) is 6.92 Å². The van der Waals surface area contributed by atoms with Gasteiger partial charge in [0.1, 0.15) is 23.7 Å². The van der Waals surface area contributed by atoms with Crippen LogP contribution in [0.5, 0.6) is 17.2 Å². The number of fused-ring (bicyclic) bond motifs is 1. The van der Waals surface area contributed by atoms with Crippen LogP contribution in [0.4, 0.5) is 0 Å². The SMILES string of the molecule is CCCCc1oc2cc(OCc3ccccc3)c(O)cc2c1C(=O)c1cc(I)c(O)c(I)c1. The summed E-state index contributed by atoms with van der Waals surface area (Å²) in [7, 11) is 0. The number of aryl methyl sites for hydroxylation is 1. The van der Waals surface area contributed by atoms with Crippen LogP contribution < -0.4 is 4.74 Å². The van der Waals surface area contributed by atoms with Crippen molar-refractivity contribution in [3.8, 4) is 17.2 Å². The van der Waals surface area contributed by atoms with Crippen molar-refractivity contribution in [2.45, 2.75) is 32.8 Å². The summed E-state index contributed by atoms with van der Waals surface area (Å²) in [5, 5.41) is 21.3. The predicted molar refractivity (Wildman–Crippen MR) is 144 cm³/mol. The molecular formula is C26H22I2O5. The number of aromatic hydroxyl groups is 2. The monoisotopic (exact) mass is 668 g/mol. The first-order valence-electron chi connectivity index (χ1n) is 10.6. The van der Waals surface area contributed by atoms with Gasteiger partial charge < -0.3 is 19.4 Å². The molecule has 3 aromatic carbocycles. The first kappa shape index (κ1) is 23.9. The van der Waals surface area contributed by atoms with E-state index in [1.54, 1.807) is 18.2 Å². The molecule has 4 rings (SSSR count). The summed E-state index contributed by atoms with van der Waals surface area (Å²) in [6.45, 7) is 2.38. The molecule has 0 aliphatic heterocycles. The zero-order valence-electron chi connectivity index (χ0n) is 17.9. The van der Waals surface area contributed by atoms with Crippen LogP contribution in [-0.4, -0.2) is 16.0 Å². The van der Waals surface area contributed by atoms with Gasteiger partial charge >= 0.3 is 0 Å². The Morgan fingerprint density at radius 2 is 1.73 bits per heavy atom. The zero-order chi connectivity index (χ0) is 23.5. The summed E-state index contributed by atoms with van der Waals surface area (Å²) in [6.07, 6.45) is 2.43. The number of carbonyl (C=O) groups excluding carboxylic acids is 1. The molecule has 4 aromatic rings. The highest BCUT2D eigenvalue weighted by molar-refractivity contribution is 14.1. The Hall–Kier alpha value is -2.27. The summed E-state index contributed by atoms with van der Waals surface area (Å²) in [6, 6.07) is 16.2. The molecule has 0 unspecified atom stereocenters. The van der Waals surface area contributed by atoms with Crippen LogP contribution in [0.15, 0.2) is 59.0 Å². The Bertz CT molecular complexity index is 1290. The smallest absolute Gasteiger partial charge is 0.197 e. The number of carbonyl (C=O) groups is 1. The molecule has 33 heavy (non-hydrogen) atoms. The van der Waals surface area contributed by atoms with Crippen molar-refractivity contribution in [3.05, 3.63) is 84.2 Å². The second-order valence-corrected chi connectivity index (χ2v) is 10.0. The maximum absolute atomic E-state index is 13.6. The quantitative estimate of drug-likeness (QED) is 0.153. The van der Waals surface area contributed by atoms with Gasteiger partial charge in [-0.15, -0.1) is 0 Å². The van der Waals surface area contributed by atoms with Gasteiger partial charge in [0.2, 0.25) is 0 Å². The number of ether oxygens (including phenoxy) is 1. The van der Waals surface area contributed by atoms with Crippen LogP contribution in [0.3, 0.4) is 0 Å². The lowest BCUT2D eigenvalue weighted by molar-refractivity contribution is 0.103. The van der Waals surface area contributed by atoms with E-state index in [0.29, 0.717) is 53.8 Å². The molecule has 7 heteroatoms. The van der Waals surface area contributed by atoms with Crippen LogP contribution in [0.25, 0.3) is 11.0 Å². The number of phenols is 2. The number of furan rings is 1.